The lowest BCUT2D eigenvalue weighted by Gasteiger charge is -2.28. The maximum absolute atomic E-state index is 6.15. The highest BCUT2D eigenvalue weighted by Crippen LogP contribution is 2.25. The van der Waals surface area contributed by atoms with E-state index in [0.29, 0.717) is 18.0 Å². The topological polar surface area (TPSA) is 55.7 Å². The molecule has 0 bridgehead atoms. The number of pyridine rings is 1. The van der Waals surface area contributed by atoms with Gasteiger partial charge in [0.25, 0.3) is 0 Å². The number of rotatable bonds is 9. The number of aromatic nitrogens is 1. The Hall–Kier alpha value is -2.26. The number of halogens is 1. The lowest BCUT2D eigenvalue weighted by atomic mass is 10.0. The molecule has 2 aromatic carbocycles. The standard InChI is InChI=1S/C25H28IN3O2S/c1-17-12-22(14-20-13-21(26)15-27-23(17)20)31-18(2)24(32)29-25(3,4)10-11-28-30-16-19-8-6-5-7-9-19/h5-9,11-15,18H,10,16H2,1-4H3,(H,29,32). The number of nitrogens with one attached hydrogen (secondary N) is 1. The van der Waals surface area contributed by atoms with Gasteiger partial charge in [0.1, 0.15) is 23.4 Å². The third kappa shape index (κ3) is 7.13. The second kappa shape index (κ2) is 11.0. The van der Waals surface area contributed by atoms with E-state index in [9.17, 15) is 0 Å². The van der Waals surface area contributed by atoms with Crippen molar-refractivity contribution in [1.82, 2.24) is 10.3 Å². The average Bonchev–Trinajstić information content (AvgIpc) is 2.73. The molecule has 168 valence electrons. The van der Waals surface area contributed by atoms with Gasteiger partial charge in [-0.3, -0.25) is 4.98 Å². The van der Waals surface area contributed by atoms with Crippen LogP contribution in [0, 0.1) is 10.5 Å². The van der Waals surface area contributed by atoms with Crippen LogP contribution in [0.5, 0.6) is 5.75 Å². The first-order chi connectivity index (χ1) is 15.2. The summed E-state index contributed by atoms with van der Waals surface area (Å²) in [5.41, 5.74) is 2.87. The molecule has 1 unspecified atom stereocenters. The summed E-state index contributed by atoms with van der Waals surface area (Å²) in [5, 5.41) is 8.52. The molecule has 5 nitrogen and oxygen atoms in total. The number of benzene rings is 2. The molecule has 0 aliphatic carbocycles. The summed E-state index contributed by atoms with van der Waals surface area (Å²) in [7, 11) is 0. The number of oxime groups is 1. The Labute approximate surface area is 208 Å². The summed E-state index contributed by atoms with van der Waals surface area (Å²) in [5.74, 6) is 0.782. The third-order valence-corrected chi connectivity index (χ3v) is 5.91. The van der Waals surface area contributed by atoms with E-state index in [1.54, 1.807) is 6.21 Å². The smallest absolute Gasteiger partial charge is 0.146 e. The Morgan fingerprint density at radius 1 is 1.25 bits per heavy atom. The first kappa shape index (κ1) is 24.4. The Morgan fingerprint density at radius 3 is 2.75 bits per heavy atom. The van der Waals surface area contributed by atoms with E-state index in [1.807, 2.05) is 62.5 Å². The van der Waals surface area contributed by atoms with Crippen LogP contribution in [0.2, 0.25) is 0 Å². The second-order valence-corrected chi connectivity index (χ2v) is 10.0. The van der Waals surface area contributed by atoms with Crippen molar-refractivity contribution in [1.29, 1.82) is 0 Å². The van der Waals surface area contributed by atoms with Crippen molar-refractivity contribution in [3.05, 3.63) is 69.4 Å². The predicted octanol–water partition coefficient (Wildman–Crippen LogP) is 6.20. The Balaban J connectivity index is 1.52. The number of ether oxygens (including phenoxy) is 1. The molecule has 0 saturated carbocycles. The number of hydrogen-bond donors (Lipinski definition) is 1. The number of aryl methyl sites for hydroxylation is 1. The van der Waals surface area contributed by atoms with Gasteiger partial charge in [-0.1, -0.05) is 47.7 Å². The number of hydrogen-bond acceptors (Lipinski definition) is 5. The fraction of sp³-hybridized carbons (Fsp3) is 0.320. The van der Waals surface area contributed by atoms with Crippen LogP contribution in [0.15, 0.2) is 59.9 Å². The maximum Gasteiger partial charge on any atom is 0.146 e. The van der Waals surface area contributed by atoms with Gasteiger partial charge in [-0.25, -0.2) is 0 Å². The van der Waals surface area contributed by atoms with Gasteiger partial charge in [0.15, 0.2) is 0 Å². The quantitative estimate of drug-likeness (QED) is 0.146. The molecule has 0 fully saturated rings. The normalized spacial score (nSPS) is 12.7. The predicted molar refractivity (Wildman–Crippen MR) is 143 cm³/mol. The molecule has 3 aromatic rings. The van der Waals surface area contributed by atoms with Crippen molar-refractivity contribution < 1.29 is 9.57 Å². The zero-order valence-electron chi connectivity index (χ0n) is 18.8. The van der Waals surface area contributed by atoms with E-state index in [0.717, 1.165) is 31.3 Å². The van der Waals surface area contributed by atoms with Crippen LogP contribution < -0.4 is 10.1 Å². The average molecular weight is 561 g/mol. The summed E-state index contributed by atoms with van der Waals surface area (Å²) < 4.78 is 7.24. The molecule has 3 rings (SSSR count). The minimum Gasteiger partial charge on any atom is -0.484 e. The summed E-state index contributed by atoms with van der Waals surface area (Å²) in [6.45, 7) is 8.59. The van der Waals surface area contributed by atoms with Gasteiger partial charge in [0, 0.05) is 33.3 Å². The van der Waals surface area contributed by atoms with Crippen LogP contribution in [0.1, 0.15) is 38.3 Å². The highest BCUT2D eigenvalue weighted by Gasteiger charge is 2.21. The largest absolute Gasteiger partial charge is 0.484 e. The number of nitrogens with zero attached hydrogens (tertiary/aromatic N) is 2. The van der Waals surface area contributed by atoms with Crippen LogP contribution >= 0.6 is 34.8 Å². The van der Waals surface area contributed by atoms with Gasteiger partial charge < -0.3 is 14.9 Å². The highest BCUT2D eigenvalue weighted by atomic mass is 127. The first-order valence-electron chi connectivity index (χ1n) is 10.5. The lowest BCUT2D eigenvalue weighted by Crippen LogP contribution is -2.47. The molecule has 0 aliphatic rings. The Bertz CT molecular complexity index is 1100. The molecule has 0 spiro atoms. The molecule has 1 atom stereocenters. The summed E-state index contributed by atoms with van der Waals surface area (Å²) in [4.78, 5) is 10.5. The van der Waals surface area contributed by atoms with E-state index >= 15 is 0 Å². The van der Waals surface area contributed by atoms with Crippen molar-refractivity contribution in [3.8, 4) is 5.75 Å². The molecule has 1 heterocycles. The van der Waals surface area contributed by atoms with E-state index < -0.39 is 0 Å². The van der Waals surface area contributed by atoms with Gasteiger partial charge in [0.05, 0.1) is 5.52 Å². The van der Waals surface area contributed by atoms with Crippen molar-refractivity contribution >= 4 is 56.9 Å². The highest BCUT2D eigenvalue weighted by molar-refractivity contribution is 14.1. The SMILES string of the molecule is Cc1cc(OC(C)C(=S)NC(C)(C)CC=NOCc2ccccc2)cc2cc(I)cnc12. The molecule has 0 amide bonds. The number of fused-ring (bicyclic) bond motifs is 1. The number of thiocarbonyl (C=S) groups is 1. The van der Waals surface area contributed by atoms with Gasteiger partial charge in [-0.2, -0.15) is 0 Å². The molecule has 0 aliphatic heterocycles. The summed E-state index contributed by atoms with van der Waals surface area (Å²) >= 11 is 7.88. The van der Waals surface area contributed by atoms with E-state index in [2.05, 4.69) is 58.0 Å². The lowest BCUT2D eigenvalue weighted by molar-refractivity contribution is 0.131. The molecule has 0 saturated heterocycles. The van der Waals surface area contributed by atoms with E-state index in [-0.39, 0.29) is 11.6 Å². The molecular weight excluding hydrogens is 533 g/mol. The fourth-order valence-corrected chi connectivity index (χ4v) is 3.99. The summed E-state index contributed by atoms with van der Waals surface area (Å²) in [6.07, 6.45) is 4.03. The van der Waals surface area contributed by atoms with Crippen molar-refractivity contribution in [2.45, 2.75) is 52.4 Å². The second-order valence-electron chi connectivity index (χ2n) is 8.35. The molecule has 7 heteroatoms. The van der Waals surface area contributed by atoms with Crippen molar-refractivity contribution in [2.24, 2.45) is 5.16 Å². The fourth-order valence-electron chi connectivity index (χ4n) is 3.19. The van der Waals surface area contributed by atoms with Crippen LogP contribution in [0.3, 0.4) is 0 Å². The van der Waals surface area contributed by atoms with Gasteiger partial charge in [-0.15, -0.1) is 0 Å². The van der Waals surface area contributed by atoms with Crippen LogP contribution in [0.25, 0.3) is 10.9 Å². The monoisotopic (exact) mass is 561 g/mol. The van der Waals surface area contributed by atoms with Crippen LogP contribution in [-0.4, -0.2) is 27.8 Å². The van der Waals surface area contributed by atoms with Crippen molar-refractivity contribution in [3.63, 3.8) is 0 Å². The Morgan fingerprint density at radius 2 is 2.00 bits per heavy atom. The minimum atomic E-state index is -0.284. The van der Waals surface area contributed by atoms with Crippen LogP contribution in [0.4, 0.5) is 0 Å². The zero-order valence-corrected chi connectivity index (χ0v) is 21.7. The van der Waals surface area contributed by atoms with E-state index in [4.69, 9.17) is 21.8 Å². The minimum absolute atomic E-state index is 0.275. The van der Waals surface area contributed by atoms with Crippen LogP contribution in [-0.2, 0) is 11.4 Å². The van der Waals surface area contributed by atoms with Gasteiger partial charge in [-0.05, 0) is 79.6 Å². The third-order valence-electron chi connectivity index (χ3n) is 4.88. The van der Waals surface area contributed by atoms with E-state index in [1.165, 1.54) is 0 Å². The van der Waals surface area contributed by atoms with Gasteiger partial charge >= 0.3 is 0 Å². The Kier molecular flexibility index (Phi) is 8.42. The first-order valence-corrected chi connectivity index (χ1v) is 11.9. The molecule has 1 N–H and O–H groups in total. The molecular formula is C25H28IN3O2S. The van der Waals surface area contributed by atoms with Crippen molar-refractivity contribution in [2.75, 3.05) is 0 Å². The molecule has 32 heavy (non-hydrogen) atoms. The van der Waals surface area contributed by atoms with Gasteiger partial charge in [0.2, 0.25) is 0 Å². The molecule has 1 aromatic heterocycles. The molecule has 0 radical (unpaired) electrons. The maximum atomic E-state index is 6.15. The summed E-state index contributed by atoms with van der Waals surface area (Å²) in [6, 6.07) is 16.1. The zero-order chi connectivity index (χ0) is 23.1.